The molecule has 27 heavy (non-hydrogen) atoms. The first-order chi connectivity index (χ1) is 12.9. The van der Waals surface area contributed by atoms with Gasteiger partial charge in [-0.1, -0.05) is 25.1 Å². The highest BCUT2D eigenvalue weighted by Crippen LogP contribution is 2.18. The highest BCUT2D eigenvalue weighted by atomic mass is 32.2. The number of rotatable bonds is 8. The molecule has 0 heterocycles. The van der Waals surface area contributed by atoms with Crippen LogP contribution in [0, 0.1) is 17.1 Å². The van der Waals surface area contributed by atoms with Crippen LogP contribution in [0.2, 0.25) is 0 Å². The standard InChI is InChI=1S/C19H20FN3O3S/c1-2-12-27(25,26)18-9-4-3-6-14(18)19(24)23-11-10-22-17-8-5-7-16(20)15(17)13-21/h3-9,22H,2,10-12H2,1H3,(H,23,24). The number of nitrogens with one attached hydrogen (secondary N) is 2. The molecule has 0 aliphatic heterocycles. The largest absolute Gasteiger partial charge is 0.382 e. The zero-order valence-electron chi connectivity index (χ0n) is 14.8. The number of nitrogens with zero attached hydrogens (tertiary/aromatic N) is 1. The summed E-state index contributed by atoms with van der Waals surface area (Å²) in [5.74, 6) is -1.16. The minimum Gasteiger partial charge on any atom is -0.382 e. The van der Waals surface area contributed by atoms with E-state index >= 15 is 0 Å². The molecule has 0 saturated carbocycles. The van der Waals surface area contributed by atoms with E-state index < -0.39 is 21.6 Å². The van der Waals surface area contributed by atoms with Gasteiger partial charge in [-0.3, -0.25) is 4.79 Å². The fourth-order valence-corrected chi connectivity index (χ4v) is 4.10. The SMILES string of the molecule is CCCS(=O)(=O)c1ccccc1C(=O)NCCNc1cccc(F)c1C#N. The van der Waals surface area contributed by atoms with Crippen LogP contribution in [-0.4, -0.2) is 33.2 Å². The van der Waals surface area contributed by atoms with Gasteiger partial charge >= 0.3 is 0 Å². The van der Waals surface area contributed by atoms with Crippen molar-refractivity contribution in [1.82, 2.24) is 5.32 Å². The second-order valence-electron chi connectivity index (χ2n) is 5.77. The van der Waals surface area contributed by atoms with E-state index in [1.807, 2.05) is 0 Å². The van der Waals surface area contributed by atoms with Gasteiger partial charge in [-0.2, -0.15) is 5.26 Å². The van der Waals surface area contributed by atoms with Crippen LogP contribution in [0.25, 0.3) is 0 Å². The van der Waals surface area contributed by atoms with Gasteiger partial charge < -0.3 is 10.6 Å². The molecule has 0 unspecified atom stereocenters. The molecule has 8 heteroatoms. The van der Waals surface area contributed by atoms with Gasteiger partial charge in [0.15, 0.2) is 9.84 Å². The Bertz CT molecular complexity index is 968. The van der Waals surface area contributed by atoms with Gasteiger partial charge in [0.2, 0.25) is 0 Å². The zero-order valence-corrected chi connectivity index (χ0v) is 15.6. The molecule has 0 atom stereocenters. The number of benzene rings is 2. The van der Waals surface area contributed by atoms with E-state index in [1.165, 1.54) is 24.3 Å². The van der Waals surface area contributed by atoms with E-state index in [0.717, 1.165) is 0 Å². The quantitative estimate of drug-likeness (QED) is 0.677. The van der Waals surface area contributed by atoms with E-state index in [2.05, 4.69) is 10.6 Å². The lowest BCUT2D eigenvalue weighted by Gasteiger charge is -2.12. The molecule has 0 fully saturated rings. The summed E-state index contributed by atoms with van der Waals surface area (Å²) in [6.07, 6.45) is 0.455. The van der Waals surface area contributed by atoms with Gasteiger partial charge in [-0.05, 0) is 30.7 Å². The molecule has 6 nitrogen and oxygen atoms in total. The number of carbonyl (C=O) groups is 1. The first-order valence-electron chi connectivity index (χ1n) is 8.43. The van der Waals surface area contributed by atoms with Gasteiger partial charge in [0.25, 0.3) is 5.91 Å². The number of hydrogen-bond acceptors (Lipinski definition) is 5. The van der Waals surface area contributed by atoms with Gasteiger partial charge in [0.05, 0.1) is 21.9 Å². The molecule has 0 aliphatic rings. The van der Waals surface area contributed by atoms with Crippen molar-refractivity contribution in [3.63, 3.8) is 0 Å². The van der Waals surface area contributed by atoms with E-state index in [9.17, 15) is 17.6 Å². The van der Waals surface area contributed by atoms with Crippen LogP contribution in [0.4, 0.5) is 10.1 Å². The lowest BCUT2D eigenvalue weighted by Crippen LogP contribution is -2.30. The number of carbonyl (C=O) groups excluding carboxylic acids is 1. The van der Waals surface area contributed by atoms with Crippen LogP contribution in [-0.2, 0) is 9.84 Å². The molecule has 0 radical (unpaired) electrons. The van der Waals surface area contributed by atoms with Crippen molar-refractivity contribution < 1.29 is 17.6 Å². The van der Waals surface area contributed by atoms with E-state index in [-0.39, 0.29) is 34.9 Å². The molecule has 2 aromatic rings. The predicted molar refractivity (Wildman–Crippen MR) is 101 cm³/mol. The maximum absolute atomic E-state index is 13.5. The Balaban J connectivity index is 2.02. The van der Waals surface area contributed by atoms with Crippen LogP contribution in [0.5, 0.6) is 0 Å². The Morgan fingerprint density at radius 2 is 1.89 bits per heavy atom. The summed E-state index contributed by atoms with van der Waals surface area (Å²) >= 11 is 0. The molecule has 2 N–H and O–H groups in total. The molecular formula is C19H20FN3O3S. The second kappa shape index (κ2) is 9.14. The molecule has 2 aromatic carbocycles. The fourth-order valence-electron chi connectivity index (χ4n) is 2.56. The average molecular weight is 389 g/mol. The Kier molecular flexibility index (Phi) is 6.91. The van der Waals surface area contributed by atoms with Gasteiger partial charge in [-0.15, -0.1) is 0 Å². The molecule has 0 spiro atoms. The number of anilines is 1. The average Bonchev–Trinajstić information content (AvgIpc) is 2.65. The molecule has 0 saturated heterocycles. The van der Waals surface area contributed by atoms with Crippen LogP contribution >= 0.6 is 0 Å². The topological polar surface area (TPSA) is 99.1 Å². The van der Waals surface area contributed by atoms with E-state index in [4.69, 9.17) is 5.26 Å². The molecule has 1 amide bonds. The number of hydrogen-bond donors (Lipinski definition) is 2. The maximum Gasteiger partial charge on any atom is 0.252 e. The van der Waals surface area contributed by atoms with Crippen LogP contribution in [0.3, 0.4) is 0 Å². The summed E-state index contributed by atoms with van der Waals surface area (Å²) in [4.78, 5) is 12.4. The third kappa shape index (κ3) is 5.05. The molecular weight excluding hydrogens is 369 g/mol. The van der Waals surface area contributed by atoms with Crippen molar-refractivity contribution in [1.29, 1.82) is 5.26 Å². The smallest absolute Gasteiger partial charge is 0.252 e. The van der Waals surface area contributed by atoms with Crippen LogP contribution < -0.4 is 10.6 Å². The summed E-state index contributed by atoms with van der Waals surface area (Å²) in [6, 6.07) is 12.1. The highest BCUT2D eigenvalue weighted by Gasteiger charge is 2.21. The van der Waals surface area contributed by atoms with Crippen molar-refractivity contribution in [2.45, 2.75) is 18.2 Å². The summed E-state index contributed by atoms with van der Waals surface area (Å²) < 4.78 is 38.2. The normalized spacial score (nSPS) is 10.9. The van der Waals surface area contributed by atoms with Gasteiger partial charge in [0.1, 0.15) is 17.4 Å². The molecule has 2 rings (SSSR count). The maximum atomic E-state index is 13.5. The summed E-state index contributed by atoms with van der Waals surface area (Å²) in [7, 11) is -3.53. The van der Waals surface area contributed by atoms with Crippen LogP contribution in [0.1, 0.15) is 29.3 Å². The highest BCUT2D eigenvalue weighted by molar-refractivity contribution is 7.91. The van der Waals surface area contributed by atoms with Gasteiger partial charge in [0, 0.05) is 13.1 Å². The third-order valence-corrected chi connectivity index (χ3v) is 5.76. The van der Waals surface area contributed by atoms with Crippen molar-refractivity contribution in [2.24, 2.45) is 0 Å². The predicted octanol–water partition coefficient (Wildman–Crippen LogP) is 2.72. The molecule has 142 valence electrons. The number of amides is 1. The van der Waals surface area contributed by atoms with Crippen molar-refractivity contribution >= 4 is 21.4 Å². The first kappa shape index (κ1) is 20.4. The fraction of sp³-hybridized carbons (Fsp3) is 0.263. The Labute approximate surface area is 157 Å². The monoisotopic (exact) mass is 389 g/mol. The minimum atomic E-state index is -3.53. The first-order valence-corrected chi connectivity index (χ1v) is 10.1. The lowest BCUT2D eigenvalue weighted by molar-refractivity contribution is 0.0952. The van der Waals surface area contributed by atoms with Crippen LogP contribution in [0.15, 0.2) is 47.4 Å². The van der Waals surface area contributed by atoms with Crippen molar-refractivity contribution in [2.75, 3.05) is 24.2 Å². The van der Waals surface area contributed by atoms with Crippen molar-refractivity contribution in [3.8, 4) is 6.07 Å². The Morgan fingerprint density at radius 1 is 1.15 bits per heavy atom. The Hall–Kier alpha value is -2.92. The number of sulfone groups is 1. The molecule has 0 bridgehead atoms. The summed E-state index contributed by atoms with van der Waals surface area (Å²) in [5.41, 5.74) is 0.326. The molecule has 0 aromatic heterocycles. The lowest BCUT2D eigenvalue weighted by atomic mass is 10.2. The number of halogens is 1. The third-order valence-electron chi connectivity index (χ3n) is 3.79. The second-order valence-corrected chi connectivity index (χ2v) is 7.85. The Morgan fingerprint density at radius 3 is 2.59 bits per heavy atom. The zero-order chi connectivity index (χ0) is 19.9. The van der Waals surface area contributed by atoms with E-state index in [0.29, 0.717) is 12.1 Å². The molecule has 0 aliphatic carbocycles. The number of nitriles is 1. The van der Waals surface area contributed by atoms with E-state index in [1.54, 1.807) is 31.2 Å². The summed E-state index contributed by atoms with van der Waals surface area (Å²) in [6.45, 7) is 2.17. The minimum absolute atomic E-state index is 0.00852. The van der Waals surface area contributed by atoms with Crippen molar-refractivity contribution in [3.05, 3.63) is 59.4 Å². The summed E-state index contributed by atoms with van der Waals surface area (Å²) in [5, 5.41) is 14.5. The van der Waals surface area contributed by atoms with Gasteiger partial charge in [-0.25, -0.2) is 12.8 Å².